The summed E-state index contributed by atoms with van der Waals surface area (Å²) in [5, 5.41) is 7.96. The number of nitrogens with zero attached hydrogens (tertiary/aromatic N) is 3. The van der Waals surface area contributed by atoms with E-state index in [1.807, 2.05) is 36.4 Å². The first-order valence-electron chi connectivity index (χ1n) is 12.5. The Bertz CT molecular complexity index is 1400. The minimum absolute atomic E-state index is 0.0153. The smallest absolute Gasteiger partial charge is 0.313 e. The third-order valence-electron chi connectivity index (χ3n) is 6.62. The number of ether oxygens (including phenoxy) is 1. The second-order valence-corrected chi connectivity index (χ2v) is 10.5. The molecule has 0 amide bonds. The highest BCUT2D eigenvalue weighted by Crippen LogP contribution is 2.29. The number of rotatable bonds is 7. The zero-order valence-corrected chi connectivity index (χ0v) is 21.4. The van der Waals surface area contributed by atoms with E-state index >= 15 is 4.39 Å². The molecule has 0 aliphatic heterocycles. The number of hydrogen-bond donors (Lipinski definition) is 1. The van der Waals surface area contributed by atoms with Gasteiger partial charge in [-0.2, -0.15) is 0 Å². The molecule has 0 atom stereocenters. The van der Waals surface area contributed by atoms with Crippen molar-refractivity contribution < 1.29 is 13.9 Å². The quantitative estimate of drug-likeness (QED) is 0.338. The predicted octanol–water partition coefficient (Wildman–Crippen LogP) is 5.56. The zero-order chi connectivity index (χ0) is 26.0. The molecule has 37 heavy (non-hydrogen) atoms. The highest BCUT2D eigenvalue weighted by Gasteiger charge is 2.23. The lowest BCUT2D eigenvalue weighted by Crippen LogP contribution is -2.29. The molecule has 7 heteroatoms. The van der Waals surface area contributed by atoms with Gasteiger partial charge in [0, 0.05) is 29.3 Å². The minimum atomic E-state index is -0.589. The summed E-state index contributed by atoms with van der Waals surface area (Å²) >= 11 is 0. The van der Waals surface area contributed by atoms with Gasteiger partial charge in [0.15, 0.2) is 12.6 Å². The largest absolute Gasteiger partial charge is 0.442 e. The van der Waals surface area contributed by atoms with E-state index < -0.39 is 5.41 Å². The van der Waals surface area contributed by atoms with E-state index in [1.54, 1.807) is 26.8 Å². The average molecular weight is 499 g/mol. The monoisotopic (exact) mass is 498 g/mol. The predicted molar refractivity (Wildman–Crippen MR) is 141 cm³/mol. The first-order chi connectivity index (χ1) is 17.8. The van der Waals surface area contributed by atoms with Crippen LogP contribution in [0.25, 0.3) is 22.5 Å². The molecule has 0 unspecified atom stereocenters. The van der Waals surface area contributed by atoms with E-state index in [-0.39, 0.29) is 18.5 Å². The van der Waals surface area contributed by atoms with Crippen LogP contribution in [0.2, 0.25) is 0 Å². The number of nitrogens with one attached hydrogen (secondary N) is 1. The van der Waals surface area contributed by atoms with E-state index in [1.165, 1.54) is 22.1 Å². The van der Waals surface area contributed by atoms with Crippen LogP contribution in [0.5, 0.6) is 0 Å². The van der Waals surface area contributed by atoms with Gasteiger partial charge in [0.2, 0.25) is 0 Å². The van der Waals surface area contributed by atoms with Crippen LogP contribution in [0, 0.1) is 11.2 Å². The van der Waals surface area contributed by atoms with Crippen LogP contribution >= 0.6 is 0 Å². The van der Waals surface area contributed by atoms with E-state index in [0.717, 1.165) is 24.0 Å². The molecule has 190 valence electrons. The summed E-state index contributed by atoms with van der Waals surface area (Å²) in [7, 11) is 0. The SMILES string of the molecule is CC(C)(C)C(=O)OCn1cnc(-c2cccc(-c3cccc(CNC4Cc5ccccc5C4)c3F)c2)n1. The van der Waals surface area contributed by atoms with Crippen molar-refractivity contribution in [3.63, 3.8) is 0 Å². The topological polar surface area (TPSA) is 69.0 Å². The van der Waals surface area contributed by atoms with Crippen LogP contribution in [0.15, 0.2) is 73.1 Å². The summed E-state index contributed by atoms with van der Waals surface area (Å²) in [6, 6.07) is 21.8. The van der Waals surface area contributed by atoms with Gasteiger partial charge >= 0.3 is 5.97 Å². The van der Waals surface area contributed by atoms with Crippen LogP contribution in [0.4, 0.5) is 4.39 Å². The number of hydrogen-bond acceptors (Lipinski definition) is 5. The summed E-state index contributed by atoms with van der Waals surface area (Å²) in [6.45, 7) is 5.85. The minimum Gasteiger partial charge on any atom is -0.442 e. The molecule has 5 rings (SSSR count). The second-order valence-electron chi connectivity index (χ2n) is 10.5. The molecule has 3 aromatic carbocycles. The average Bonchev–Trinajstić information content (AvgIpc) is 3.53. The molecule has 0 spiro atoms. The fourth-order valence-electron chi connectivity index (χ4n) is 4.55. The van der Waals surface area contributed by atoms with E-state index in [0.29, 0.717) is 29.5 Å². The maximum Gasteiger partial charge on any atom is 0.313 e. The number of benzene rings is 3. The Morgan fingerprint density at radius 2 is 1.73 bits per heavy atom. The Morgan fingerprint density at radius 1 is 1.03 bits per heavy atom. The Balaban J connectivity index is 1.28. The van der Waals surface area contributed by atoms with Crippen LogP contribution in [-0.2, 0) is 35.6 Å². The third kappa shape index (κ3) is 5.62. The fraction of sp³-hybridized carbons (Fsp3) is 0.300. The van der Waals surface area contributed by atoms with Crippen LogP contribution in [-0.4, -0.2) is 26.8 Å². The van der Waals surface area contributed by atoms with Gasteiger partial charge < -0.3 is 10.1 Å². The zero-order valence-electron chi connectivity index (χ0n) is 21.4. The lowest BCUT2D eigenvalue weighted by atomic mass is 9.98. The summed E-state index contributed by atoms with van der Waals surface area (Å²) in [5.74, 6) is -0.0585. The van der Waals surface area contributed by atoms with Crippen molar-refractivity contribution in [1.29, 1.82) is 0 Å². The number of fused-ring (bicyclic) bond motifs is 1. The van der Waals surface area contributed by atoms with Gasteiger partial charge in [-0.25, -0.2) is 14.1 Å². The molecule has 0 saturated carbocycles. The molecule has 1 aliphatic rings. The summed E-state index contributed by atoms with van der Waals surface area (Å²) in [4.78, 5) is 16.4. The highest BCUT2D eigenvalue weighted by atomic mass is 19.1. The van der Waals surface area contributed by atoms with Crippen molar-refractivity contribution in [3.8, 4) is 22.5 Å². The Labute approximate surface area is 216 Å². The van der Waals surface area contributed by atoms with Gasteiger partial charge in [0.25, 0.3) is 0 Å². The summed E-state index contributed by atoms with van der Waals surface area (Å²) < 4.78 is 22.4. The van der Waals surface area contributed by atoms with Crippen molar-refractivity contribution in [1.82, 2.24) is 20.1 Å². The summed E-state index contributed by atoms with van der Waals surface area (Å²) in [5.41, 5.74) is 4.83. The Kier molecular flexibility index (Phi) is 6.89. The van der Waals surface area contributed by atoms with Crippen molar-refractivity contribution in [2.75, 3.05) is 0 Å². The van der Waals surface area contributed by atoms with E-state index in [2.05, 4.69) is 39.7 Å². The fourth-order valence-corrected chi connectivity index (χ4v) is 4.55. The number of halogens is 1. The lowest BCUT2D eigenvalue weighted by molar-refractivity contribution is -0.157. The molecular formula is C30H31FN4O2. The number of aromatic nitrogens is 3. The molecule has 1 heterocycles. The van der Waals surface area contributed by atoms with Gasteiger partial charge in [-0.1, -0.05) is 60.7 Å². The maximum atomic E-state index is 15.6. The number of carbonyl (C=O) groups is 1. The van der Waals surface area contributed by atoms with Gasteiger partial charge in [0.1, 0.15) is 12.1 Å². The van der Waals surface area contributed by atoms with Gasteiger partial charge in [0.05, 0.1) is 5.41 Å². The number of carbonyl (C=O) groups excluding carboxylic acids is 1. The molecule has 1 aliphatic carbocycles. The lowest BCUT2D eigenvalue weighted by Gasteiger charge is -2.16. The molecule has 1 aromatic heterocycles. The van der Waals surface area contributed by atoms with Crippen molar-refractivity contribution >= 4 is 5.97 Å². The molecule has 6 nitrogen and oxygen atoms in total. The van der Waals surface area contributed by atoms with Crippen molar-refractivity contribution in [3.05, 3.63) is 95.6 Å². The molecule has 0 bridgehead atoms. The third-order valence-corrected chi connectivity index (χ3v) is 6.62. The molecular weight excluding hydrogens is 467 g/mol. The normalized spacial score (nSPS) is 13.5. The maximum absolute atomic E-state index is 15.6. The first-order valence-corrected chi connectivity index (χ1v) is 12.5. The molecule has 1 N–H and O–H groups in total. The van der Waals surface area contributed by atoms with E-state index in [4.69, 9.17) is 4.74 Å². The molecule has 0 saturated heterocycles. The van der Waals surface area contributed by atoms with Crippen LogP contribution in [0.1, 0.15) is 37.5 Å². The highest BCUT2D eigenvalue weighted by molar-refractivity contribution is 5.75. The summed E-state index contributed by atoms with van der Waals surface area (Å²) in [6.07, 6.45) is 3.45. The van der Waals surface area contributed by atoms with E-state index in [9.17, 15) is 4.79 Å². The van der Waals surface area contributed by atoms with Crippen LogP contribution < -0.4 is 5.32 Å². The first kappa shape index (κ1) is 24.8. The second kappa shape index (κ2) is 10.3. The number of esters is 1. The Morgan fingerprint density at radius 3 is 2.46 bits per heavy atom. The standard InChI is InChI=1S/C30H31FN4O2/c1-30(2,3)29(36)37-19-35-18-33-28(34-35)23-11-6-10-22(14-23)26-13-7-12-24(27(26)31)17-32-25-15-20-8-4-5-9-21(20)16-25/h4-14,18,25,32H,15-17,19H2,1-3H3. The van der Waals surface area contributed by atoms with Crippen molar-refractivity contribution in [2.24, 2.45) is 5.41 Å². The Hall–Kier alpha value is -3.84. The van der Waals surface area contributed by atoms with Crippen LogP contribution in [0.3, 0.4) is 0 Å². The van der Waals surface area contributed by atoms with Gasteiger partial charge in [-0.05, 0) is 56.4 Å². The molecule has 4 aromatic rings. The molecule has 0 fully saturated rings. The van der Waals surface area contributed by atoms with Gasteiger partial charge in [-0.3, -0.25) is 4.79 Å². The van der Waals surface area contributed by atoms with Crippen molar-refractivity contribution in [2.45, 2.75) is 52.9 Å². The molecule has 0 radical (unpaired) electrons. The van der Waals surface area contributed by atoms with Gasteiger partial charge in [-0.15, -0.1) is 5.10 Å².